The SMILES string of the molecule is O=C(NC1CCCC1)C1CCC(C(=O)NC2CC2)CC1. The minimum Gasteiger partial charge on any atom is -0.353 e. The zero-order valence-electron chi connectivity index (χ0n) is 12.2. The molecular weight excluding hydrogens is 252 g/mol. The summed E-state index contributed by atoms with van der Waals surface area (Å²) in [6.07, 6.45) is 10.6. The Labute approximate surface area is 121 Å². The molecule has 0 saturated heterocycles. The average Bonchev–Trinajstić information content (AvgIpc) is 3.12. The van der Waals surface area contributed by atoms with Gasteiger partial charge in [0.25, 0.3) is 0 Å². The summed E-state index contributed by atoms with van der Waals surface area (Å²) in [7, 11) is 0. The first-order valence-corrected chi connectivity index (χ1v) is 8.33. The fraction of sp³-hybridized carbons (Fsp3) is 0.875. The van der Waals surface area contributed by atoms with Crippen molar-refractivity contribution >= 4 is 11.8 Å². The largest absolute Gasteiger partial charge is 0.353 e. The minimum absolute atomic E-state index is 0.139. The molecule has 0 spiro atoms. The summed E-state index contributed by atoms with van der Waals surface area (Å²) >= 11 is 0. The summed E-state index contributed by atoms with van der Waals surface area (Å²) < 4.78 is 0. The van der Waals surface area contributed by atoms with Crippen molar-refractivity contribution in [3.63, 3.8) is 0 Å². The molecule has 2 amide bonds. The number of amides is 2. The molecule has 2 N–H and O–H groups in total. The Morgan fingerprint density at radius 1 is 0.600 bits per heavy atom. The lowest BCUT2D eigenvalue weighted by Gasteiger charge is -2.28. The van der Waals surface area contributed by atoms with Crippen LogP contribution in [-0.4, -0.2) is 23.9 Å². The van der Waals surface area contributed by atoms with Crippen LogP contribution in [0.4, 0.5) is 0 Å². The van der Waals surface area contributed by atoms with Gasteiger partial charge in [-0.2, -0.15) is 0 Å². The summed E-state index contributed by atoms with van der Waals surface area (Å²) in [5.41, 5.74) is 0. The van der Waals surface area contributed by atoms with Crippen LogP contribution in [0.1, 0.15) is 64.2 Å². The molecule has 0 radical (unpaired) electrons. The molecule has 0 aromatic rings. The van der Waals surface area contributed by atoms with Crippen LogP contribution in [0.2, 0.25) is 0 Å². The van der Waals surface area contributed by atoms with Gasteiger partial charge in [-0.1, -0.05) is 12.8 Å². The Morgan fingerprint density at radius 2 is 1.00 bits per heavy atom. The Kier molecular flexibility index (Phi) is 4.27. The van der Waals surface area contributed by atoms with Crippen molar-refractivity contribution in [2.45, 2.75) is 76.3 Å². The van der Waals surface area contributed by atoms with Crippen molar-refractivity contribution in [2.24, 2.45) is 11.8 Å². The fourth-order valence-electron chi connectivity index (χ4n) is 3.55. The Balaban J connectivity index is 1.40. The maximum Gasteiger partial charge on any atom is 0.223 e. The molecule has 3 saturated carbocycles. The van der Waals surface area contributed by atoms with E-state index in [4.69, 9.17) is 0 Å². The van der Waals surface area contributed by atoms with Crippen LogP contribution in [0.15, 0.2) is 0 Å². The van der Waals surface area contributed by atoms with Crippen molar-refractivity contribution < 1.29 is 9.59 Å². The van der Waals surface area contributed by atoms with Gasteiger partial charge in [0.2, 0.25) is 11.8 Å². The molecule has 0 aromatic heterocycles. The van der Waals surface area contributed by atoms with E-state index in [-0.39, 0.29) is 23.7 Å². The van der Waals surface area contributed by atoms with Crippen LogP contribution in [-0.2, 0) is 9.59 Å². The lowest BCUT2D eigenvalue weighted by molar-refractivity contribution is -0.131. The minimum atomic E-state index is 0.139. The maximum atomic E-state index is 12.2. The molecule has 0 aromatic carbocycles. The van der Waals surface area contributed by atoms with Crippen LogP contribution in [0.25, 0.3) is 0 Å². The van der Waals surface area contributed by atoms with Gasteiger partial charge >= 0.3 is 0 Å². The van der Waals surface area contributed by atoms with Gasteiger partial charge in [0, 0.05) is 23.9 Å². The standard InChI is InChI=1S/C16H26N2O2/c19-15(17-13-3-1-2-4-13)11-5-7-12(8-6-11)16(20)18-14-9-10-14/h11-14H,1-10H2,(H,17,19)(H,18,20). The second-order valence-electron chi connectivity index (χ2n) is 6.82. The first-order chi connectivity index (χ1) is 9.72. The summed E-state index contributed by atoms with van der Waals surface area (Å²) in [6.45, 7) is 0. The zero-order valence-corrected chi connectivity index (χ0v) is 12.2. The molecule has 0 unspecified atom stereocenters. The summed E-state index contributed by atoms with van der Waals surface area (Å²) in [5, 5.41) is 6.28. The molecule has 4 nitrogen and oxygen atoms in total. The Hall–Kier alpha value is -1.06. The topological polar surface area (TPSA) is 58.2 Å². The molecular formula is C16H26N2O2. The van der Waals surface area contributed by atoms with Crippen molar-refractivity contribution in [3.8, 4) is 0 Å². The highest BCUT2D eigenvalue weighted by Gasteiger charge is 2.33. The van der Waals surface area contributed by atoms with Crippen LogP contribution in [0.5, 0.6) is 0 Å². The van der Waals surface area contributed by atoms with Gasteiger partial charge in [-0.15, -0.1) is 0 Å². The number of hydrogen-bond acceptors (Lipinski definition) is 2. The second kappa shape index (κ2) is 6.15. The summed E-state index contributed by atoms with van der Waals surface area (Å²) in [6, 6.07) is 0.865. The summed E-state index contributed by atoms with van der Waals surface area (Å²) in [5.74, 6) is 0.742. The fourth-order valence-corrected chi connectivity index (χ4v) is 3.55. The third-order valence-corrected chi connectivity index (χ3v) is 5.09. The van der Waals surface area contributed by atoms with Crippen LogP contribution in [0, 0.1) is 11.8 Å². The van der Waals surface area contributed by atoms with Gasteiger partial charge in [-0.3, -0.25) is 9.59 Å². The average molecular weight is 278 g/mol. The molecule has 0 aliphatic heterocycles. The van der Waals surface area contributed by atoms with E-state index in [1.807, 2.05) is 0 Å². The van der Waals surface area contributed by atoms with Crippen LogP contribution >= 0.6 is 0 Å². The van der Waals surface area contributed by atoms with E-state index in [0.717, 1.165) is 51.4 Å². The molecule has 3 aliphatic carbocycles. The van der Waals surface area contributed by atoms with Crippen molar-refractivity contribution in [2.75, 3.05) is 0 Å². The normalized spacial score (nSPS) is 31.0. The predicted molar refractivity (Wildman–Crippen MR) is 77.0 cm³/mol. The third kappa shape index (κ3) is 3.53. The number of hydrogen-bond donors (Lipinski definition) is 2. The van der Waals surface area contributed by atoms with E-state index in [1.54, 1.807) is 0 Å². The molecule has 4 heteroatoms. The van der Waals surface area contributed by atoms with Gasteiger partial charge in [-0.05, 0) is 51.4 Å². The van der Waals surface area contributed by atoms with Gasteiger partial charge < -0.3 is 10.6 Å². The van der Waals surface area contributed by atoms with E-state index in [2.05, 4.69) is 10.6 Å². The van der Waals surface area contributed by atoms with E-state index in [0.29, 0.717) is 12.1 Å². The summed E-state index contributed by atoms with van der Waals surface area (Å²) in [4.78, 5) is 24.2. The number of carbonyl (C=O) groups is 2. The van der Waals surface area contributed by atoms with Gasteiger partial charge in [0.1, 0.15) is 0 Å². The van der Waals surface area contributed by atoms with Crippen molar-refractivity contribution in [1.82, 2.24) is 10.6 Å². The Morgan fingerprint density at radius 3 is 1.40 bits per heavy atom. The molecule has 20 heavy (non-hydrogen) atoms. The van der Waals surface area contributed by atoms with Gasteiger partial charge in [0.05, 0.1) is 0 Å². The molecule has 0 atom stereocenters. The number of nitrogens with one attached hydrogen (secondary N) is 2. The highest BCUT2D eigenvalue weighted by Crippen LogP contribution is 2.30. The van der Waals surface area contributed by atoms with Crippen LogP contribution < -0.4 is 10.6 Å². The molecule has 3 fully saturated rings. The smallest absolute Gasteiger partial charge is 0.223 e. The van der Waals surface area contributed by atoms with E-state index in [1.165, 1.54) is 12.8 Å². The molecule has 0 heterocycles. The monoisotopic (exact) mass is 278 g/mol. The molecule has 112 valence electrons. The highest BCUT2D eigenvalue weighted by molar-refractivity contribution is 5.81. The van der Waals surface area contributed by atoms with Crippen LogP contribution in [0.3, 0.4) is 0 Å². The number of rotatable bonds is 4. The second-order valence-corrected chi connectivity index (χ2v) is 6.82. The lowest BCUT2D eigenvalue weighted by atomic mass is 9.81. The third-order valence-electron chi connectivity index (χ3n) is 5.09. The van der Waals surface area contributed by atoms with Gasteiger partial charge in [-0.25, -0.2) is 0 Å². The maximum absolute atomic E-state index is 12.2. The first kappa shape index (κ1) is 13.9. The van der Waals surface area contributed by atoms with Crippen molar-refractivity contribution in [1.29, 1.82) is 0 Å². The van der Waals surface area contributed by atoms with Gasteiger partial charge in [0.15, 0.2) is 0 Å². The predicted octanol–water partition coefficient (Wildman–Crippen LogP) is 2.13. The first-order valence-electron chi connectivity index (χ1n) is 8.33. The van der Waals surface area contributed by atoms with E-state index >= 15 is 0 Å². The number of carbonyl (C=O) groups excluding carboxylic acids is 2. The van der Waals surface area contributed by atoms with Crippen molar-refractivity contribution in [3.05, 3.63) is 0 Å². The molecule has 0 bridgehead atoms. The zero-order chi connectivity index (χ0) is 13.9. The van der Waals surface area contributed by atoms with E-state index in [9.17, 15) is 9.59 Å². The molecule has 3 rings (SSSR count). The molecule has 3 aliphatic rings. The Bertz CT molecular complexity index is 365. The van der Waals surface area contributed by atoms with E-state index < -0.39 is 0 Å². The lowest BCUT2D eigenvalue weighted by Crippen LogP contribution is -2.40. The quantitative estimate of drug-likeness (QED) is 0.827. The highest BCUT2D eigenvalue weighted by atomic mass is 16.2.